The molecule has 0 aliphatic carbocycles. The van der Waals surface area contributed by atoms with Crippen LogP contribution < -0.4 is 5.32 Å². The summed E-state index contributed by atoms with van der Waals surface area (Å²) < 4.78 is 50.4. The zero-order valence-electron chi connectivity index (χ0n) is 18.2. The molecule has 0 spiro atoms. The Kier molecular flexibility index (Phi) is 13.0. The van der Waals surface area contributed by atoms with E-state index in [1.807, 2.05) is 37.3 Å². The summed E-state index contributed by atoms with van der Waals surface area (Å²) in [5.74, 6) is 1.94. The minimum absolute atomic E-state index is 0. The summed E-state index contributed by atoms with van der Waals surface area (Å²) in [6.07, 6.45) is -3.32. The first-order valence-electron chi connectivity index (χ1n) is 10.5. The Labute approximate surface area is 203 Å². The summed E-state index contributed by atoms with van der Waals surface area (Å²) in [5.41, 5.74) is 1.05. The first-order valence-corrected chi connectivity index (χ1v) is 12.0. The van der Waals surface area contributed by atoms with Gasteiger partial charge < -0.3 is 10.2 Å². The van der Waals surface area contributed by atoms with Gasteiger partial charge in [-0.05, 0) is 31.4 Å². The highest BCUT2D eigenvalue weighted by Gasteiger charge is 2.33. The van der Waals surface area contributed by atoms with Crippen molar-refractivity contribution in [2.45, 2.75) is 32.2 Å². The van der Waals surface area contributed by atoms with E-state index in [0.717, 1.165) is 24.5 Å². The molecule has 1 saturated heterocycles. The third kappa shape index (κ3) is 11.0. The minimum atomic E-state index is -4.17. The number of halogens is 4. The Hall–Kier alpha value is -0.880. The molecule has 10 heteroatoms. The van der Waals surface area contributed by atoms with E-state index >= 15 is 0 Å². The van der Waals surface area contributed by atoms with Crippen molar-refractivity contribution >= 4 is 40.7 Å². The Morgan fingerprint density at radius 2 is 2.00 bits per heavy atom. The number of hydrogen-bond acceptors (Lipinski definition) is 3. The predicted molar refractivity (Wildman–Crippen MR) is 132 cm³/mol. The number of nitrogens with zero attached hydrogens (tertiary/aromatic N) is 3. The van der Waals surface area contributed by atoms with Gasteiger partial charge in [0.2, 0.25) is 0 Å². The van der Waals surface area contributed by atoms with E-state index in [1.54, 1.807) is 6.92 Å². The van der Waals surface area contributed by atoms with Gasteiger partial charge in [0.1, 0.15) is 0 Å². The van der Waals surface area contributed by atoms with Crippen LogP contribution in [0.1, 0.15) is 25.8 Å². The number of aliphatic imine (C=N–C) groups is 1. The van der Waals surface area contributed by atoms with Gasteiger partial charge in [-0.25, -0.2) is 0 Å². The second-order valence-corrected chi connectivity index (χ2v) is 9.13. The molecule has 1 aromatic rings. The molecule has 0 saturated carbocycles. The van der Waals surface area contributed by atoms with Crippen LogP contribution in [0.25, 0.3) is 0 Å². The minimum Gasteiger partial charge on any atom is -0.357 e. The Balaban J connectivity index is 0.00000480. The van der Waals surface area contributed by atoms with Crippen LogP contribution in [0.2, 0.25) is 0 Å². The maximum absolute atomic E-state index is 12.7. The molecule has 1 fully saturated rings. The largest absolute Gasteiger partial charge is 0.401 e. The molecule has 0 radical (unpaired) electrons. The third-order valence-electron chi connectivity index (χ3n) is 5.04. The summed E-state index contributed by atoms with van der Waals surface area (Å²) >= 11 is 0. The van der Waals surface area contributed by atoms with Crippen molar-refractivity contribution in [2.24, 2.45) is 10.9 Å². The number of benzene rings is 1. The molecule has 0 bridgehead atoms. The van der Waals surface area contributed by atoms with Crippen molar-refractivity contribution in [3.63, 3.8) is 0 Å². The van der Waals surface area contributed by atoms with Gasteiger partial charge in [-0.15, -0.1) is 24.0 Å². The average molecular weight is 574 g/mol. The number of likely N-dealkylation sites (tertiary alicyclic amines) is 1. The van der Waals surface area contributed by atoms with Crippen molar-refractivity contribution in [3.8, 4) is 0 Å². The molecule has 1 aliphatic heterocycles. The number of hydrogen-bond donors (Lipinski definition) is 1. The smallest absolute Gasteiger partial charge is 0.357 e. The van der Waals surface area contributed by atoms with Crippen LogP contribution >= 0.6 is 24.0 Å². The molecule has 178 valence electrons. The van der Waals surface area contributed by atoms with Crippen LogP contribution in [0.4, 0.5) is 13.2 Å². The SMILES string of the molecule is CCNC(=NCCS(=O)Cc1ccccc1)N1CCC(CN(CC)CC(F)(F)F)C1.I. The zero-order chi connectivity index (χ0) is 22.0. The monoisotopic (exact) mass is 574 g/mol. The van der Waals surface area contributed by atoms with Gasteiger partial charge in [0.15, 0.2) is 5.96 Å². The van der Waals surface area contributed by atoms with Gasteiger partial charge >= 0.3 is 6.18 Å². The first-order chi connectivity index (χ1) is 14.3. The Morgan fingerprint density at radius 3 is 2.61 bits per heavy atom. The van der Waals surface area contributed by atoms with Gasteiger partial charge in [0.25, 0.3) is 0 Å². The lowest BCUT2D eigenvalue weighted by molar-refractivity contribution is -0.146. The van der Waals surface area contributed by atoms with Crippen molar-refractivity contribution < 1.29 is 17.4 Å². The standard InChI is InChI=1S/C21H33F3N4OS.HI/c1-3-25-20(26-11-13-30(29)16-18-8-6-5-7-9-18)28-12-10-19(15-28)14-27(4-2)17-21(22,23)24;/h5-9,19H,3-4,10-17H2,1-2H3,(H,25,26);1H. The number of rotatable bonds is 10. The summed E-state index contributed by atoms with van der Waals surface area (Å²) in [4.78, 5) is 8.19. The number of alkyl halides is 3. The van der Waals surface area contributed by atoms with Gasteiger partial charge in [-0.3, -0.25) is 14.1 Å². The van der Waals surface area contributed by atoms with Crippen LogP contribution in [0.5, 0.6) is 0 Å². The molecule has 5 nitrogen and oxygen atoms in total. The topological polar surface area (TPSA) is 47.9 Å². The lowest BCUT2D eigenvalue weighted by Gasteiger charge is -2.26. The lowest BCUT2D eigenvalue weighted by Crippen LogP contribution is -2.42. The summed E-state index contributed by atoms with van der Waals surface area (Å²) in [6, 6.07) is 9.74. The van der Waals surface area contributed by atoms with Crippen molar-refractivity contribution in [3.05, 3.63) is 35.9 Å². The highest BCUT2D eigenvalue weighted by Crippen LogP contribution is 2.21. The molecule has 1 aliphatic rings. The molecule has 0 aromatic heterocycles. The maximum atomic E-state index is 12.7. The molecule has 0 amide bonds. The quantitative estimate of drug-likeness (QED) is 0.263. The molecule has 1 aromatic carbocycles. The van der Waals surface area contributed by atoms with E-state index in [4.69, 9.17) is 0 Å². The van der Waals surface area contributed by atoms with Crippen LogP contribution in [-0.2, 0) is 16.6 Å². The second kappa shape index (κ2) is 14.3. The van der Waals surface area contributed by atoms with E-state index < -0.39 is 23.5 Å². The van der Waals surface area contributed by atoms with Crippen molar-refractivity contribution in [1.82, 2.24) is 15.1 Å². The fourth-order valence-corrected chi connectivity index (χ4v) is 4.61. The predicted octanol–water partition coefficient (Wildman–Crippen LogP) is 3.72. The molecule has 1 heterocycles. The average Bonchev–Trinajstić information content (AvgIpc) is 3.15. The summed E-state index contributed by atoms with van der Waals surface area (Å²) in [6.45, 7) is 6.34. The Bertz CT molecular complexity index is 691. The van der Waals surface area contributed by atoms with E-state index in [1.165, 1.54) is 4.90 Å². The summed E-state index contributed by atoms with van der Waals surface area (Å²) in [5, 5.41) is 3.26. The molecule has 1 N–H and O–H groups in total. The fraction of sp³-hybridized carbons (Fsp3) is 0.667. The van der Waals surface area contributed by atoms with Gasteiger partial charge in [0.05, 0.1) is 13.1 Å². The zero-order valence-corrected chi connectivity index (χ0v) is 21.4. The van der Waals surface area contributed by atoms with E-state index in [2.05, 4.69) is 15.2 Å². The van der Waals surface area contributed by atoms with Gasteiger partial charge in [-0.1, -0.05) is 37.3 Å². The van der Waals surface area contributed by atoms with E-state index in [-0.39, 0.29) is 29.9 Å². The fourth-order valence-electron chi connectivity index (χ4n) is 3.61. The molecule has 2 rings (SSSR count). The Morgan fingerprint density at radius 1 is 1.29 bits per heavy atom. The molecule has 2 atom stereocenters. The second-order valence-electron chi connectivity index (χ2n) is 7.55. The maximum Gasteiger partial charge on any atom is 0.401 e. The van der Waals surface area contributed by atoms with Crippen LogP contribution in [0.3, 0.4) is 0 Å². The molecule has 2 unspecified atom stereocenters. The van der Waals surface area contributed by atoms with Crippen LogP contribution in [0.15, 0.2) is 35.3 Å². The number of nitrogens with one attached hydrogen (secondary N) is 1. The number of guanidine groups is 1. The van der Waals surface area contributed by atoms with Crippen LogP contribution in [0, 0.1) is 5.92 Å². The van der Waals surface area contributed by atoms with Gasteiger partial charge in [-0.2, -0.15) is 13.2 Å². The molecular weight excluding hydrogens is 540 g/mol. The van der Waals surface area contributed by atoms with E-state index in [9.17, 15) is 17.4 Å². The van der Waals surface area contributed by atoms with Crippen LogP contribution in [-0.4, -0.2) is 77.7 Å². The third-order valence-corrected chi connectivity index (χ3v) is 6.33. The van der Waals surface area contributed by atoms with Crippen molar-refractivity contribution in [2.75, 3.05) is 51.6 Å². The summed E-state index contributed by atoms with van der Waals surface area (Å²) in [7, 11) is -0.985. The normalized spacial score (nSPS) is 18.2. The molecule has 31 heavy (non-hydrogen) atoms. The highest BCUT2D eigenvalue weighted by molar-refractivity contribution is 14.0. The lowest BCUT2D eigenvalue weighted by atomic mass is 10.1. The molecular formula is C21H34F3IN4OS. The van der Waals surface area contributed by atoms with Gasteiger partial charge in [0, 0.05) is 48.5 Å². The first kappa shape index (κ1) is 28.2. The highest BCUT2D eigenvalue weighted by atomic mass is 127. The van der Waals surface area contributed by atoms with Crippen molar-refractivity contribution in [1.29, 1.82) is 0 Å². The van der Waals surface area contributed by atoms with E-state index in [0.29, 0.717) is 44.2 Å².